The number of nitriles is 1. The highest BCUT2D eigenvalue weighted by atomic mass is 35.5. The summed E-state index contributed by atoms with van der Waals surface area (Å²) in [4.78, 5) is 40.1. The van der Waals surface area contributed by atoms with Gasteiger partial charge in [0, 0.05) is 123 Å². The Bertz CT molecular complexity index is 2820. The number of nitrogens with zero attached hydrogens (tertiary/aromatic N) is 9. The molecule has 16 nitrogen and oxygen atoms in total. The minimum atomic E-state index is -0.399. The van der Waals surface area contributed by atoms with Gasteiger partial charge < -0.3 is 30.3 Å². The molecule has 0 spiro atoms. The average Bonchev–Trinajstić information content (AvgIpc) is 3.82. The fraction of sp³-hybridized carbons (Fsp3) is 0.396. The van der Waals surface area contributed by atoms with Crippen molar-refractivity contribution in [3.05, 3.63) is 89.5 Å². The van der Waals surface area contributed by atoms with Crippen LogP contribution in [-0.4, -0.2) is 104 Å². The van der Waals surface area contributed by atoms with Gasteiger partial charge in [0.05, 0.1) is 39.2 Å². The summed E-state index contributed by atoms with van der Waals surface area (Å²) in [6.07, 6.45) is 7.10. The summed E-state index contributed by atoms with van der Waals surface area (Å²) in [6, 6.07) is 17.1. The molecule has 0 bridgehead atoms. The van der Waals surface area contributed by atoms with E-state index in [1.807, 2.05) is 50.2 Å². The zero-order chi connectivity index (χ0) is 45.8. The molecule has 2 aliphatic heterocycles. The van der Waals surface area contributed by atoms with Crippen molar-refractivity contribution >= 4 is 51.6 Å². The number of carbonyl (C=O) groups excluding carboxylic acids is 2. The smallest absolute Gasteiger partial charge is 0.254 e. The van der Waals surface area contributed by atoms with Gasteiger partial charge in [-0.2, -0.15) is 15.5 Å². The lowest BCUT2D eigenvalue weighted by molar-refractivity contribution is -0.164. The van der Waals surface area contributed by atoms with Crippen LogP contribution in [0.25, 0.3) is 33.3 Å². The molecule has 9 rings (SSSR count). The van der Waals surface area contributed by atoms with Crippen LogP contribution in [0.3, 0.4) is 0 Å². The highest BCUT2D eigenvalue weighted by Crippen LogP contribution is 2.55. The summed E-state index contributed by atoms with van der Waals surface area (Å²) in [5.41, 5.74) is 6.20. The van der Waals surface area contributed by atoms with Gasteiger partial charge in [-0.3, -0.25) is 23.9 Å². The van der Waals surface area contributed by atoms with Crippen LogP contribution in [0.4, 0.5) is 17.3 Å². The Kier molecular flexibility index (Phi) is 11.4. The Morgan fingerprint density at radius 2 is 1.72 bits per heavy atom. The van der Waals surface area contributed by atoms with Crippen molar-refractivity contribution in [3.63, 3.8) is 0 Å². The second-order valence-corrected chi connectivity index (χ2v) is 19.0. The van der Waals surface area contributed by atoms with Crippen molar-refractivity contribution in [2.45, 2.75) is 59.2 Å². The normalized spacial score (nSPS) is 20.1. The molecule has 1 saturated carbocycles. The largest absolute Gasteiger partial charge is 0.492 e. The molecular weight excluding hydrogens is 844 g/mol. The molecule has 0 radical (unpaired) electrons. The van der Waals surface area contributed by atoms with Gasteiger partial charge >= 0.3 is 0 Å². The van der Waals surface area contributed by atoms with E-state index in [1.54, 1.807) is 35.3 Å². The zero-order valence-corrected chi connectivity index (χ0v) is 38.4. The average molecular weight is 897 g/mol. The number of nitrogens with one attached hydrogen (secondary N) is 3. The maximum Gasteiger partial charge on any atom is 0.254 e. The van der Waals surface area contributed by atoms with Gasteiger partial charge in [0.15, 0.2) is 0 Å². The molecule has 336 valence electrons. The Hall–Kier alpha value is -6.70. The number of fused-ring (bicyclic) bond motifs is 2. The van der Waals surface area contributed by atoms with E-state index in [1.165, 1.54) is 0 Å². The van der Waals surface area contributed by atoms with E-state index < -0.39 is 10.8 Å². The second kappa shape index (κ2) is 17.0. The number of aromatic nitrogens is 6. The molecule has 5 heterocycles. The van der Waals surface area contributed by atoms with E-state index in [0.29, 0.717) is 58.9 Å². The van der Waals surface area contributed by atoms with Gasteiger partial charge in [-0.15, -0.1) is 0 Å². The molecule has 1 aliphatic carbocycles. The summed E-state index contributed by atoms with van der Waals surface area (Å²) < 4.78 is 16.5. The molecule has 17 heteroatoms. The van der Waals surface area contributed by atoms with Crippen LogP contribution in [0.15, 0.2) is 73.3 Å². The van der Waals surface area contributed by atoms with E-state index >= 15 is 0 Å². The molecule has 65 heavy (non-hydrogen) atoms. The number of aryl methyl sites for hydroxylation is 2. The standard InChI is InChI=1S/C48H53ClN12O4/c1-28-18-40(62)55-38-22-34(20-35(42(38)54-28)29-9-11-39-36(19-29)41(57-59(39)7)32-26-53-58(6)27-32)64-17-16-60-12-14-61(15-13-60)46-51-24-31(25-52-46)43(63)56-44-47(2,3)45(48(44,4)5)65-33-10-8-30(23-50)37(49)21-33/h8-11,19-22,24-28,44-45,54H,12-18H2,1-7H3,(H,55,62)(H,56,63). The molecule has 1 saturated heterocycles. The molecule has 3 N–H and O–H groups in total. The number of carbonyl (C=O) groups is 2. The maximum atomic E-state index is 13.5. The quantitative estimate of drug-likeness (QED) is 0.123. The summed E-state index contributed by atoms with van der Waals surface area (Å²) >= 11 is 6.26. The van der Waals surface area contributed by atoms with Crippen LogP contribution in [0, 0.1) is 22.2 Å². The zero-order valence-electron chi connectivity index (χ0n) is 37.6. The molecule has 2 fully saturated rings. The number of piperazine rings is 1. The van der Waals surface area contributed by atoms with E-state index in [-0.39, 0.29) is 30.0 Å². The highest BCUT2D eigenvalue weighted by molar-refractivity contribution is 6.31. The van der Waals surface area contributed by atoms with Gasteiger partial charge in [0.25, 0.3) is 5.91 Å². The summed E-state index contributed by atoms with van der Waals surface area (Å²) in [6.45, 7) is 14.5. The molecule has 1 unspecified atom stereocenters. The molecule has 2 amide bonds. The fourth-order valence-electron chi connectivity index (χ4n) is 10.0. The van der Waals surface area contributed by atoms with E-state index in [0.717, 1.165) is 65.2 Å². The number of ether oxygens (including phenoxy) is 2. The van der Waals surface area contributed by atoms with Crippen LogP contribution >= 0.6 is 11.6 Å². The minimum absolute atomic E-state index is 0.0525. The monoisotopic (exact) mass is 896 g/mol. The Balaban J connectivity index is 0.814. The van der Waals surface area contributed by atoms with Crippen molar-refractivity contribution in [2.75, 3.05) is 54.9 Å². The summed E-state index contributed by atoms with van der Waals surface area (Å²) in [7, 11) is 3.84. The van der Waals surface area contributed by atoms with Crippen molar-refractivity contribution < 1.29 is 19.1 Å². The first kappa shape index (κ1) is 43.5. The van der Waals surface area contributed by atoms with Crippen LogP contribution < -0.4 is 30.3 Å². The van der Waals surface area contributed by atoms with Gasteiger partial charge in [0.1, 0.15) is 36.0 Å². The second-order valence-electron chi connectivity index (χ2n) is 18.5. The SMILES string of the molecule is CC1CC(=O)Nc2cc(OCCN3CCN(c4ncc(C(=O)NC5C(C)(C)C(Oc6ccc(C#N)c(Cl)c6)C5(C)C)cn4)CC3)cc(-c3ccc4c(c3)c(-c3cnn(C)c3)nn4C)c2N1. The first-order valence-electron chi connectivity index (χ1n) is 21.9. The first-order chi connectivity index (χ1) is 31.1. The third-order valence-corrected chi connectivity index (χ3v) is 13.4. The van der Waals surface area contributed by atoms with Crippen LogP contribution in [0.2, 0.25) is 5.02 Å². The predicted octanol–water partition coefficient (Wildman–Crippen LogP) is 6.91. The van der Waals surface area contributed by atoms with Gasteiger partial charge in [-0.1, -0.05) is 45.4 Å². The third kappa shape index (κ3) is 8.42. The van der Waals surface area contributed by atoms with Crippen molar-refractivity contribution in [1.82, 2.24) is 39.7 Å². The molecule has 3 aliphatic rings. The lowest BCUT2D eigenvalue weighted by Crippen LogP contribution is -2.74. The van der Waals surface area contributed by atoms with Crippen LogP contribution in [-0.2, 0) is 18.9 Å². The topological polar surface area (TPSA) is 180 Å². The molecular formula is C48H53ClN12O4. The first-order valence-corrected chi connectivity index (χ1v) is 22.3. The van der Waals surface area contributed by atoms with E-state index in [4.69, 9.17) is 26.2 Å². The van der Waals surface area contributed by atoms with Gasteiger partial charge in [-0.25, -0.2) is 9.97 Å². The number of anilines is 3. The van der Waals surface area contributed by atoms with Gasteiger partial charge in [0.2, 0.25) is 11.9 Å². The molecule has 1 atom stereocenters. The molecule has 6 aromatic rings. The number of hydrogen-bond donors (Lipinski definition) is 3. The maximum absolute atomic E-state index is 13.5. The third-order valence-electron chi connectivity index (χ3n) is 13.1. The van der Waals surface area contributed by atoms with E-state index in [9.17, 15) is 14.9 Å². The number of amides is 2. The lowest BCUT2D eigenvalue weighted by Gasteiger charge is -2.63. The number of halogens is 1. The van der Waals surface area contributed by atoms with Gasteiger partial charge in [-0.05, 0) is 42.8 Å². The Labute approximate surface area is 382 Å². The van der Waals surface area contributed by atoms with E-state index in [2.05, 4.69) is 92.8 Å². The molecule has 3 aromatic carbocycles. The summed E-state index contributed by atoms with van der Waals surface area (Å²) in [5, 5.41) is 29.7. The van der Waals surface area contributed by atoms with Crippen LogP contribution in [0.5, 0.6) is 11.5 Å². The number of hydrogen-bond acceptors (Lipinski definition) is 12. The minimum Gasteiger partial charge on any atom is -0.492 e. The lowest BCUT2D eigenvalue weighted by atomic mass is 9.49. The Morgan fingerprint density at radius 3 is 2.42 bits per heavy atom. The van der Waals surface area contributed by atoms with Crippen molar-refractivity contribution in [1.29, 1.82) is 5.26 Å². The Morgan fingerprint density at radius 1 is 0.969 bits per heavy atom. The predicted molar refractivity (Wildman–Crippen MR) is 250 cm³/mol. The fourth-order valence-corrected chi connectivity index (χ4v) is 10.2. The van der Waals surface area contributed by atoms with Crippen molar-refractivity contribution in [2.24, 2.45) is 24.9 Å². The number of benzene rings is 3. The van der Waals surface area contributed by atoms with Crippen molar-refractivity contribution in [3.8, 4) is 40.0 Å². The van der Waals surface area contributed by atoms with Crippen LogP contribution in [0.1, 0.15) is 57.0 Å². The number of rotatable bonds is 11. The highest BCUT2D eigenvalue weighted by Gasteiger charge is 2.64. The molecule has 3 aromatic heterocycles. The summed E-state index contributed by atoms with van der Waals surface area (Å²) in [5.74, 6) is 1.53.